The van der Waals surface area contributed by atoms with E-state index in [1.807, 2.05) is 13.0 Å². The highest BCUT2D eigenvalue weighted by molar-refractivity contribution is 6.02. The molecule has 0 radical (unpaired) electrons. The van der Waals surface area contributed by atoms with Gasteiger partial charge in [-0.25, -0.2) is 0 Å². The van der Waals surface area contributed by atoms with Crippen LogP contribution in [0.4, 0.5) is 13.2 Å². The zero-order valence-electron chi connectivity index (χ0n) is 16.8. The van der Waals surface area contributed by atoms with Gasteiger partial charge in [-0.05, 0) is 42.7 Å². The molecule has 158 valence electrons. The van der Waals surface area contributed by atoms with Gasteiger partial charge in [0.1, 0.15) is 11.3 Å². The number of alkyl halides is 3. The maximum atomic E-state index is 14.6. The average Bonchev–Trinajstić information content (AvgIpc) is 3.46. The molecule has 0 saturated heterocycles. The Labute approximate surface area is 176 Å². The second-order valence-electron chi connectivity index (χ2n) is 7.76. The van der Waals surface area contributed by atoms with Crippen LogP contribution in [0.25, 0.3) is 27.7 Å². The van der Waals surface area contributed by atoms with Crippen molar-refractivity contribution in [1.82, 2.24) is 30.2 Å². The van der Waals surface area contributed by atoms with Crippen LogP contribution in [-0.4, -0.2) is 30.2 Å². The Morgan fingerprint density at radius 1 is 1.03 bits per heavy atom. The molecule has 1 aliphatic carbocycles. The predicted octanol–water partition coefficient (Wildman–Crippen LogP) is 5.26. The van der Waals surface area contributed by atoms with E-state index in [1.165, 1.54) is 0 Å². The zero-order valence-corrected chi connectivity index (χ0v) is 16.8. The van der Waals surface area contributed by atoms with Gasteiger partial charge in [0.2, 0.25) is 0 Å². The first-order valence-corrected chi connectivity index (χ1v) is 10.1. The van der Waals surface area contributed by atoms with Crippen LogP contribution in [0.5, 0.6) is 0 Å². The quantitative estimate of drug-likeness (QED) is 0.449. The summed E-state index contributed by atoms with van der Waals surface area (Å²) < 4.78 is 43.7. The van der Waals surface area contributed by atoms with Crippen molar-refractivity contribution >= 4 is 10.9 Å². The molecule has 0 atom stereocenters. The number of tetrazole rings is 1. The van der Waals surface area contributed by atoms with E-state index in [4.69, 9.17) is 0 Å². The van der Waals surface area contributed by atoms with Gasteiger partial charge in [0.25, 0.3) is 0 Å². The number of benzene rings is 1. The van der Waals surface area contributed by atoms with E-state index in [0.717, 1.165) is 29.5 Å². The van der Waals surface area contributed by atoms with Crippen molar-refractivity contribution in [2.24, 2.45) is 0 Å². The van der Waals surface area contributed by atoms with Crippen LogP contribution < -0.4 is 0 Å². The van der Waals surface area contributed by atoms with Crippen LogP contribution in [-0.2, 0) is 6.18 Å². The van der Waals surface area contributed by atoms with E-state index in [-0.39, 0.29) is 17.3 Å². The third kappa shape index (κ3) is 3.34. The van der Waals surface area contributed by atoms with E-state index in [2.05, 4.69) is 25.4 Å². The maximum Gasteiger partial charge on any atom is 0.420 e. The van der Waals surface area contributed by atoms with Crippen molar-refractivity contribution in [2.75, 3.05) is 0 Å². The minimum atomic E-state index is -4.63. The minimum absolute atomic E-state index is 0.0739. The first-order valence-electron chi connectivity index (χ1n) is 10.1. The topological polar surface area (TPSA) is 69.4 Å². The van der Waals surface area contributed by atoms with Crippen molar-refractivity contribution in [3.8, 4) is 16.8 Å². The SMILES string of the molecule is Cc1ncccc1-c1cccc2nc(C3CCCC3)c(C(F)(F)F)c(-n3ncnn3)c12. The third-order valence-electron chi connectivity index (χ3n) is 5.88. The summed E-state index contributed by atoms with van der Waals surface area (Å²) >= 11 is 0. The highest BCUT2D eigenvalue weighted by Gasteiger charge is 2.42. The average molecular weight is 424 g/mol. The van der Waals surface area contributed by atoms with Crippen molar-refractivity contribution in [1.29, 1.82) is 0 Å². The normalized spacial score (nSPS) is 15.1. The highest BCUT2D eigenvalue weighted by Crippen LogP contribution is 2.46. The van der Waals surface area contributed by atoms with Crippen LogP contribution in [0.2, 0.25) is 0 Å². The van der Waals surface area contributed by atoms with Gasteiger partial charge < -0.3 is 0 Å². The molecule has 0 bridgehead atoms. The van der Waals surface area contributed by atoms with Crippen molar-refractivity contribution in [3.05, 3.63) is 59.8 Å². The molecule has 0 amide bonds. The molecule has 0 spiro atoms. The monoisotopic (exact) mass is 424 g/mol. The third-order valence-corrected chi connectivity index (χ3v) is 5.88. The molecule has 5 rings (SSSR count). The highest BCUT2D eigenvalue weighted by atomic mass is 19.4. The number of aromatic nitrogens is 6. The minimum Gasteiger partial charge on any atom is -0.261 e. The molecule has 9 heteroatoms. The Bertz CT molecular complexity index is 1240. The Morgan fingerprint density at radius 2 is 1.81 bits per heavy atom. The summed E-state index contributed by atoms with van der Waals surface area (Å²) in [5.41, 5.74) is 1.69. The molecule has 1 aliphatic rings. The first kappa shape index (κ1) is 19.6. The fourth-order valence-corrected chi connectivity index (χ4v) is 4.55. The van der Waals surface area contributed by atoms with Gasteiger partial charge in [-0.3, -0.25) is 9.97 Å². The summed E-state index contributed by atoms with van der Waals surface area (Å²) in [6.45, 7) is 1.83. The van der Waals surface area contributed by atoms with Crippen LogP contribution in [0.15, 0.2) is 42.9 Å². The molecule has 4 aromatic rings. The molecule has 0 N–H and O–H groups in total. The van der Waals surface area contributed by atoms with E-state index in [9.17, 15) is 13.2 Å². The fourth-order valence-electron chi connectivity index (χ4n) is 4.55. The van der Waals surface area contributed by atoms with Gasteiger partial charge in [0, 0.05) is 28.8 Å². The van der Waals surface area contributed by atoms with Gasteiger partial charge in [-0.1, -0.05) is 31.0 Å². The number of hydrogen-bond donors (Lipinski definition) is 0. The molecule has 6 nitrogen and oxygen atoms in total. The Balaban J connectivity index is 1.95. The number of pyridine rings is 2. The van der Waals surface area contributed by atoms with Crippen LogP contribution in [0.3, 0.4) is 0 Å². The molecular weight excluding hydrogens is 405 g/mol. The van der Waals surface area contributed by atoms with Crippen molar-refractivity contribution in [2.45, 2.75) is 44.7 Å². The number of fused-ring (bicyclic) bond motifs is 1. The fraction of sp³-hybridized carbons (Fsp3) is 0.318. The summed E-state index contributed by atoms with van der Waals surface area (Å²) in [4.78, 5) is 9.87. The van der Waals surface area contributed by atoms with Gasteiger partial charge >= 0.3 is 6.18 Å². The maximum absolute atomic E-state index is 14.6. The molecule has 31 heavy (non-hydrogen) atoms. The Hall–Kier alpha value is -3.36. The van der Waals surface area contributed by atoms with Crippen LogP contribution in [0.1, 0.15) is 48.6 Å². The second-order valence-corrected chi connectivity index (χ2v) is 7.76. The molecule has 3 heterocycles. The van der Waals surface area contributed by atoms with Gasteiger partial charge in [-0.2, -0.15) is 13.2 Å². The number of halogens is 3. The summed E-state index contributed by atoms with van der Waals surface area (Å²) in [5, 5.41) is 11.9. The van der Waals surface area contributed by atoms with Crippen LogP contribution in [0, 0.1) is 6.92 Å². The summed E-state index contributed by atoms with van der Waals surface area (Å²) in [7, 11) is 0. The molecular formula is C22H19F3N6. The van der Waals surface area contributed by atoms with Gasteiger partial charge in [-0.15, -0.1) is 15.0 Å². The van der Waals surface area contributed by atoms with E-state index in [0.29, 0.717) is 35.0 Å². The van der Waals surface area contributed by atoms with Gasteiger partial charge in [0.05, 0.1) is 11.2 Å². The van der Waals surface area contributed by atoms with Gasteiger partial charge in [0.15, 0.2) is 6.33 Å². The van der Waals surface area contributed by atoms with E-state index >= 15 is 0 Å². The molecule has 0 unspecified atom stereocenters. The van der Waals surface area contributed by atoms with Crippen LogP contribution >= 0.6 is 0 Å². The summed E-state index contributed by atoms with van der Waals surface area (Å²) in [5.74, 6) is -0.243. The summed E-state index contributed by atoms with van der Waals surface area (Å²) in [6.07, 6.45) is 1.33. The molecule has 3 aromatic heterocycles. The largest absolute Gasteiger partial charge is 0.420 e. The predicted molar refractivity (Wildman–Crippen MR) is 109 cm³/mol. The standard InChI is InChI=1S/C22H19F3N6/c1-13-15(9-5-11-26-13)16-8-4-10-17-18(16)21(31-28-12-27-30-31)19(22(23,24)25)20(29-17)14-6-2-3-7-14/h4-5,8-12,14H,2-3,6-7H2,1H3. The zero-order chi connectivity index (χ0) is 21.6. The molecule has 1 aromatic carbocycles. The smallest absolute Gasteiger partial charge is 0.261 e. The Kier molecular flexibility index (Phi) is 4.68. The molecule has 0 aliphatic heterocycles. The second kappa shape index (κ2) is 7.40. The number of hydrogen-bond acceptors (Lipinski definition) is 5. The first-order chi connectivity index (χ1) is 14.9. The number of rotatable bonds is 3. The summed E-state index contributed by atoms with van der Waals surface area (Å²) in [6, 6.07) is 8.93. The lowest BCUT2D eigenvalue weighted by atomic mass is 9.91. The number of nitrogens with zero attached hydrogens (tertiary/aromatic N) is 6. The lowest BCUT2D eigenvalue weighted by Crippen LogP contribution is -2.19. The lowest BCUT2D eigenvalue weighted by Gasteiger charge is -2.22. The van der Waals surface area contributed by atoms with E-state index in [1.54, 1.807) is 30.5 Å². The lowest BCUT2D eigenvalue weighted by molar-refractivity contribution is -0.138. The number of aryl methyl sites for hydroxylation is 1. The Morgan fingerprint density at radius 3 is 2.48 bits per heavy atom. The van der Waals surface area contributed by atoms with Crippen molar-refractivity contribution in [3.63, 3.8) is 0 Å². The van der Waals surface area contributed by atoms with Crippen molar-refractivity contribution < 1.29 is 13.2 Å². The molecule has 1 fully saturated rings. The van der Waals surface area contributed by atoms with E-state index < -0.39 is 11.7 Å². The molecule has 1 saturated carbocycles.